The predicted molar refractivity (Wildman–Crippen MR) is 81.3 cm³/mol. The van der Waals surface area contributed by atoms with Crippen LogP contribution in [0.25, 0.3) is 0 Å². The molecule has 3 heteroatoms. The van der Waals surface area contributed by atoms with Crippen molar-refractivity contribution >= 4 is 34.2 Å². The van der Waals surface area contributed by atoms with Gasteiger partial charge < -0.3 is 5.32 Å². The fourth-order valence-electron chi connectivity index (χ4n) is 3.63. The molecule has 2 saturated carbocycles. The summed E-state index contributed by atoms with van der Waals surface area (Å²) in [6, 6.07) is 7.96. The molecular formula is C15H18INO. The van der Waals surface area contributed by atoms with Gasteiger partial charge in [-0.25, -0.2) is 0 Å². The van der Waals surface area contributed by atoms with Gasteiger partial charge in [0.15, 0.2) is 0 Å². The molecule has 0 spiro atoms. The zero-order valence-corrected chi connectivity index (χ0v) is 12.5. The number of carbonyl (C=O) groups is 1. The van der Waals surface area contributed by atoms with Gasteiger partial charge in [0, 0.05) is 9.99 Å². The summed E-state index contributed by atoms with van der Waals surface area (Å²) in [5, 5.41) is 3.05. The summed E-state index contributed by atoms with van der Waals surface area (Å²) in [6.07, 6.45) is 6.13. The third-order valence-electron chi connectivity index (χ3n) is 4.48. The molecule has 96 valence electrons. The van der Waals surface area contributed by atoms with Crippen LogP contribution in [-0.4, -0.2) is 5.91 Å². The predicted octanol–water partition coefficient (Wildman–Crippen LogP) is 4.06. The molecule has 1 aromatic carbocycles. The molecule has 1 amide bonds. The van der Waals surface area contributed by atoms with Crippen LogP contribution in [0.15, 0.2) is 24.3 Å². The third kappa shape index (κ3) is 2.56. The average molecular weight is 355 g/mol. The second-order valence-corrected chi connectivity index (χ2v) is 6.83. The SMILES string of the molecule is O=C(C[C@@H]1C[C@H]2CC[C@@H]1C2)Nc1ccccc1I. The van der Waals surface area contributed by atoms with Gasteiger partial charge in [-0.15, -0.1) is 0 Å². The summed E-state index contributed by atoms with van der Waals surface area (Å²) in [7, 11) is 0. The normalized spacial score (nSPS) is 29.5. The Kier molecular flexibility index (Phi) is 3.59. The molecule has 2 aliphatic rings. The quantitative estimate of drug-likeness (QED) is 0.815. The van der Waals surface area contributed by atoms with Gasteiger partial charge in [0.2, 0.25) is 5.91 Å². The van der Waals surface area contributed by atoms with Crippen LogP contribution in [0.2, 0.25) is 0 Å². The van der Waals surface area contributed by atoms with Crippen molar-refractivity contribution in [3.63, 3.8) is 0 Å². The number of nitrogens with one attached hydrogen (secondary N) is 1. The van der Waals surface area contributed by atoms with E-state index in [4.69, 9.17) is 0 Å². The lowest BCUT2D eigenvalue weighted by Crippen LogP contribution is -2.20. The molecule has 3 atom stereocenters. The Labute approximate surface area is 122 Å². The standard InChI is InChI=1S/C15H18INO/c16-13-3-1-2-4-14(13)17-15(18)9-12-8-10-5-6-11(12)7-10/h1-4,10-12H,5-9H2,(H,17,18)/t10-,11+,12-/m0/s1. The first kappa shape index (κ1) is 12.5. The van der Waals surface area contributed by atoms with E-state index in [9.17, 15) is 4.79 Å². The highest BCUT2D eigenvalue weighted by Crippen LogP contribution is 2.49. The van der Waals surface area contributed by atoms with E-state index in [0.717, 1.165) is 21.1 Å². The lowest BCUT2D eigenvalue weighted by molar-refractivity contribution is -0.117. The van der Waals surface area contributed by atoms with Gasteiger partial charge in [-0.1, -0.05) is 18.6 Å². The summed E-state index contributed by atoms with van der Waals surface area (Å²) >= 11 is 2.26. The van der Waals surface area contributed by atoms with Crippen LogP contribution >= 0.6 is 22.6 Å². The van der Waals surface area contributed by atoms with Crippen LogP contribution < -0.4 is 5.32 Å². The van der Waals surface area contributed by atoms with E-state index < -0.39 is 0 Å². The van der Waals surface area contributed by atoms with Crippen LogP contribution in [-0.2, 0) is 4.79 Å². The molecule has 1 aromatic rings. The lowest BCUT2D eigenvalue weighted by atomic mass is 9.86. The first-order valence-electron chi connectivity index (χ1n) is 6.77. The molecule has 18 heavy (non-hydrogen) atoms. The highest BCUT2D eigenvalue weighted by molar-refractivity contribution is 14.1. The number of hydrogen-bond acceptors (Lipinski definition) is 1. The van der Waals surface area contributed by atoms with Crippen molar-refractivity contribution in [2.45, 2.75) is 32.1 Å². The minimum absolute atomic E-state index is 0.191. The molecular weight excluding hydrogens is 337 g/mol. The Bertz CT molecular complexity index is 460. The molecule has 0 unspecified atom stereocenters. The fraction of sp³-hybridized carbons (Fsp3) is 0.533. The number of benzene rings is 1. The van der Waals surface area contributed by atoms with Crippen molar-refractivity contribution in [3.8, 4) is 0 Å². The molecule has 0 heterocycles. The van der Waals surface area contributed by atoms with Crippen LogP contribution in [0.1, 0.15) is 32.1 Å². The van der Waals surface area contributed by atoms with E-state index in [2.05, 4.69) is 27.9 Å². The topological polar surface area (TPSA) is 29.1 Å². The van der Waals surface area contributed by atoms with E-state index in [-0.39, 0.29) is 5.91 Å². The number of halogens is 1. The van der Waals surface area contributed by atoms with Crippen molar-refractivity contribution in [1.29, 1.82) is 0 Å². The number of rotatable bonds is 3. The third-order valence-corrected chi connectivity index (χ3v) is 5.42. The number of para-hydroxylation sites is 1. The summed E-state index contributed by atoms with van der Waals surface area (Å²) in [4.78, 5) is 12.1. The Morgan fingerprint density at radius 1 is 1.28 bits per heavy atom. The molecule has 3 rings (SSSR count). The van der Waals surface area contributed by atoms with E-state index >= 15 is 0 Å². The van der Waals surface area contributed by atoms with E-state index in [1.54, 1.807) is 0 Å². The van der Waals surface area contributed by atoms with Crippen molar-refractivity contribution in [3.05, 3.63) is 27.8 Å². The highest BCUT2D eigenvalue weighted by atomic mass is 127. The number of amides is 1. The first-order chi connectivity index (χ1) is 8.72. The van der Waals surface area contributed by atoms with E-state index in [0.29, 0.717) is 12.3 Å². The Morgan fingerprint density at radius 3 is 2.78 bits per heavy atom. The molecule has 0 radical (unpaired) electrons. The number of carbonyl (C=O) groups excluding carboxylic acids is 1. The van der Waals surface area contributed by atoms with Gasteiger partial charge in [0.25, 0.3) is 0 Å². The Morgan fingerprint density at radius 2 is 2.11 bits per heavy atom. The summed E-state index contributed by atoms with van der Waals surface area (Å²) in [5.41, 5.74) is 0.950. The fourth-order valence-corrected chi connectivity index (χ4v) is 4.15. The van der Waals surface area contributed by atoms with Crippen LogP contribution in [0.5, 0.6) is 0 Å². The van der Waals surface area contributed by atoms with Crippen LogP contribution in [0.3, 0.4) is 0 Å². The second kappa shape index (κ2) is 5.19. The molecule has 2 bridgehead atoms. The largest absolute Gasteiger partial charge is 0.325 e. The minimum atomic E-state index is 0.191. The van der Waals surface area contributed by atoms with Crippen LogP contribution in [0, 0.1) is 21.3 Å². The number of hydrogen-bond donors (Lipinski definition) is 1. The molecule has 0 saturated heterocycles. The Balaban J connectivity index is 1.58. The number of fused-ring (bicyclic) bond motifs is 2. The molecule has 2 fully saturated rings. The highest BCUT2D eigenvalue weighted by Gasteiger charge is 2.40. The first-order valence-corrected chi connectivity index (χ1v) is 7.84. The zero-order valence-electron chi connectivity index (χ0n) is 10.4. The smallest absolute Gasteiger partial charge is 0.224 e. The lowest BCUT2D eigenvalue weighted by Gasteiger charge is -2.21. The van der Waals surface area contributed by atoms with Gasteiger partial charge >= 0.3 is 0 Å². The summed E-state index contributed by atoms with van der Waals surface area (Å²) in [6.45, 7) is 0. The number of anilines is 1. The average Bonchev–Trinajstić information content (AvgIpc) is 2.94. The molecule has 2 nitrogen and oxygen atoms in total. The molecule has 0 aliphatic heterocycles. The van der Waals surface area contributed by atoms with E-state index in [1.165, 1.54) is 25.7 Å². The summed E-state index contributed by atoms with van der Waals surface area (Å²) in [5.74, 6) is 2.59. The molecule has 2 aliphatic carbocycles. The monoisotopic (exact) mass is 355 g/mol. The maximum atomic E-state index is 12.1. The van der Waals surface area contributed by atoms with Crippen molar-refractivity contribution in [1.82, 2.24) is 0 Å². The minimum Gasteiger partial charge on any atom is -0.325 e. The van der Waals surface area contributed by atoms with Gasteiger partial charge in [0.05, 0.1) is 5.69 Å². The van der Waals surface area contributed by atoms with Gasteiger partial charge in [-0.3, -0.25) is 4.79 Å². The maximum Gasteiger partial charge on any atom is 0.224 e. The molecule has 0 aromatic heterocycles. The second-order valence-electron chi connectivity index (χ2n) is 5.67. The van der Waals surface area contributed by atoms with Crippen molar-refractivity contribution < 1.29 is 4.79 Å². The maximum absolute atomic E-state index is 12.1. The summed E-state index contributed by atoms with van der Waals surface area (Å²) < 4.78 is 1.11. The zero-order chi connectivity index (χ0) is 12.5. The van der Waals surface area contributed by atoms with Gasteiger partial charge in [-0.05, 0) is 71.7 Å². The van der Waals surface area contributed by atoms with Crippen molar-refractivity contribution in [2.75, 3.05) is 5.32 Å². The Hall–Kier alpha value is -0.580. The van der Waals surface area contributed by atoms with Gasteiger partial charge in [0.1, 0.15) is 0 Å². The van der Waals surface area contributed by atoms with Crippen LogP contribution in [0.4, 0.5) is 5.69 Å². The van der Waals surface area contributed by atoms with Crippen molar-refractivity contribution in [2.24, 2.45) is 17.8 Å². The van der Waals surface area contributed by atoms with Gasteiger partial charge in [-0.2, -0.15) is 0 Å². The molecule has 1 N–H and O–H groups in total. The van der Waals surface area contributed by atoms with E-state index in [1.807, 2.05) is 24.3 Å².